The molecule has 0 amide bonds. The number of hydrogen-bond donors (Lipinski definition) is 0. The quantitative estimate of drug-likeness (QED) is 0.422. The molecule has 6 heteroatoms. The highest BCUT2D eigenvalue weighted by molar-refractivity contribution is 5.90. The van der Waals surface area contributed by atoms with E-state index in [0.29, 0.717) is 11.5 Å². The van der Waals surface area contributed by atoms with Crippen molar-refractivity contribution in [1.29, 1.82) is 0 Å². The van der Waals surface area contributed by atoms with E-state index in [4.69, 9.17) is 4.74 Å². The molecule has 0 unspecified atom stereocenters. The van der Waals surface area contributed by atoms with Gasteiger partial charge in [0.2, 0.25) is 0 Å². The maximum Gasteiger partial charge on any atom is 0.543 e. The van der Waals surface area contributed by atoms with Crippen LogP contribution in [0.4, 0.5) is 4.79 Å². The fraction of sp³-hybridized carbons (Fsp3) is 0.600. The van der Waals surface area contributed by atoms with Gasteiger partial charge in [-0.25, -0.2) is 14.5 Å². The van der Waals surface area contributed by atoms with Gasteiger partial charge in [0.05, 0.1) is 10.6 Å². The molecule has 1 saturated carbocycles. The summed E-state index contributed by atoms with van der Waals surface area (Å²) < 4.78 is 5.21. The number of carbonyl (C=O) groups is 2. The van der Waals surface area contributed by atoms with Gasteiger partial charge in [0.1, 0.15) is 6.10 Å². The topological polar surface area (TPSA) is 71.1 Å². The molecule has 2 rings (SSSR count). The van der Waals surface area contributed by atoms with Crippen molar-refractivity contribution in [2.75, 3.05) is 0 Å². The normalized spacial score (nSPS) is 20.3. The summed E-state index contributed by atoms with van der Waals surface area (Å²) in [4.78, 5) is 32.5. The van der Waals surface area contributed by atoms with Crippen LogP contribution in [0.3, 0.4) is 0 Å². The molecular weight excluding hydrogens is 336 g/mol. The van der Waals surface area contributed by atoms with Crippen molar-refractivity contribution in [2.45, 2.75) is 66.4 Å². The largest absolute Gasteiger partial charge is 0.543 e. The van der Waals surface area contributed by atoms with Crippen LogP contribution in [0.25, 0.3) is 0 Å². The lowest BCUT2D eigenvalue weighted by atomic mass is 9.72. The number of benzene rings is 1. The molecule has 0 spiro atoms. The summed E-state index contributed by atoms with van der Waals surface area (Å²) in [5.41, 5.74) is 2.26. The van der Waals surface area contributed by atoms with Gasteiger partial charge in [0.15, 0.2) is 0 Å². The molecule has 1 aromatic rings. The van der Waals surface area contributed by atoms with E-state index in [9.17, 15) is 9.59 Å². The standard InChI is InChI=1S/C20H28O6/c1-13-6-7-14(2)17(12-13)18(21)24-26-25-19(22)23-16-10-8-15(9-11-16)20(3,4)5/h6-7,12,15-16H,8-11H2,1-5H3. The minimum atomic E-state index is -1.00. The Bertz CT molecular complexity index is 638. The lowest BCUT2D eigenvalue weighted by Gasteiger charge is -2.36. The van der Waals surface area contributed by atoms with E-state index in [1.165, 1.54) is 0 Å². The second-order valence-corrected chi connectivity index (χ2v) is 8.05. The summed E-state index contributed by atoms with van der Waals surface area (Å²) in [5, 5.41) is 4.30. The first-order chi connectivity index (χ1) is 12.2. The molecule has 0 aromatic heterocycles. The van der Waals surface area contributed by atoms with E-state index in [2.05, 4.69) is 35.6 Å². The highest BCUT2D eigenvalue weighted by Crippen LogP contribution is 2.38. The highest BCUT2D eigenvalue weighted by atomic mass is 17.5. The van der Waals surface area contributed by atoms with Crippen molar-refractivity contribution >= 4 is 12.1 Å². The molecule has 1 aliphatic carbocycles. The van der Waals surface area contributed by atoms with Gasteiger partial charge < -0.3 is 4.74 Å². The molecule has 0 atom stereocenters. The molecule has 0 bridgehead atoms. The van der Waals surface area contributed by atoms with Crippen LogP contribution in [0.2, 0.25) is 0 Å². The molecule has 6 nitrogen and oxygen atoms in total. The van der Waals surface area contributed by atoms with Crippen molar-refractivity contribution in [3.8, 4) is 0 Å². The van der Waals surface area contributed by atoms with Crippen molar-refractivity contribution in [3.05, 3.63) is 34.9 Å². The summed E-state index contributed by atoms with van der Waals surface area (Å²) >= 11 is 0. The van der Waals surface area contributed by atoms with Crippen LogP contribution in [-0.2, 0) is 19.6 Å². The third-order valence-electron chi connectivity index (χ3n) is 4.99. The van der Waals surface area contributed by atoms with Crippen LogP contribution in [0, 0.1) is 25.2 Å². The van der Waals surface area contributed by atoms with E-state index in [1.807, 2.05) is 13.0 Å². The zero-order valence-electron chi connectivity index (χ0n) is 16.2. The molecule has 1 aromatic carbocycles. The van der Waals surface area contributed by atoms with Crippen molar-refractivity contribution in [2.24, 2.45) is 11.3 Å². The van der Waals surface area contributed by atoms with Gasteiger partial charge in [-0.1, -0.05) is 38.5 Å². The van der Waals surface area contributed by atoms with Crippen LogP contribution in [0.15, 0.2) is 18.2 Å². The maximum absolute atomic E-state index is 11.9. The highest BCUT2D eigenvalue weighted by Gasteiger charge is 2.31. The zero-order chi connectivity index (χ0) is 19.3. The molecule has 0 aliphatic heterocycles. The third-order valence-corrected chi connectivity index (χ3v) is 4.99. The smallest absolute Gasteiger partial charge is 0.429 e. The maximum atomic E-state index is 11.9. The van der Waals surface area contributed by atoms with Crippen molar-refractivity contribution in [1.82, 2.24) is 0 Å². The number of carbonyl (C=O) groups excluding carboxylic acids is 2. The van der Waals surface area contributed by atoms with Gasteiger partial charge in [0.25, 0.3) is 0 Å². The Balaban J connectivity index is 1.71. The van der Waals surface area contributed by atoms with Gasteiger partial charge in [-0.3, -0.25) is 4.89 Å². The Hall–Kier alpha value is -2.08. The lowest BCUT2D eigenvalue weighted by molar-refractivity contribution is -0.453. The minimum absolute atomic E-state index is 0.195. The third kappa shape index (κ3) is 5.73. The Morgan fingerprint density at radius 3 is 2.27 bits per heavy atom. The van der Waals surface area contributed by atoms with Crippen molar-refractivity contribution < 1.29 is 29.1 Å². The first-order valence-electron chi connectivity index (χ1n) is 9.00. The number of hydrogen-bond acceptors (Lipinski definition) is 6. The van der Waals surface area contributed by atoms with Crippen LogP contribution in [-0.4, -0.2) is 18.2 Å². The SMILES string of the molecule is Cc1ccc(C)c(C(=O)OOOC(=O)OC2CCC(C(C)(C)C)CC2)c1. The predicted octanol–water partition coefficient (Wildman–Crippen LogP) is 5.06. The monoisotopic (exact) mass is 364 g/mol. The lowest BCUT2D eigenvalue weighted by Crippen LogP contribution is -2.30. The van der Waals surface area contributed by atoms with E-state index in [-0.39, 0.29) is 11.5 Å². The van der Waals surface area contributed by atoms with Crippen LogP contribution in [0.1, 0.15) is 67.9 Å². The predicted molar refractivity (Wildman–Crippen MR) is 95.2 cm³/mol. The second-order valence-electron chi connectivity index (χ2n) is 8.05. The summed E-state index contributed by atoms with van der Waals surface area (Å²) in [6, 6.07) is 5.36. The van der Waals surface area contributed by atoms with Crippen LogP contribution < -0.4 is 0 Å². The first-order valence-corrected chi connectivity index (χ1v) is 9.00. The van der Waals surface area contributed by atoms with E-state index < -0.39 is 12.1 Å². The molecular formula is C20H28O6. The van der Waals surface area contributed by atoms with Crippen molar-refractivity contribution in [3.63, 3.8) is 0 Å². The van der Waals surface area contributed by atoms with E-state index >= 15 is 0 Å². The number of rotatable bonds is 4. The molecule has 1 aliphatic rings. The molecule has 26 heavy (non-hydrogen) atoms. The summed E-state index contributed by atoms with van der Waals surface area (Å²) in [6.07, 6.45) is 2.39. The summed E-state index contributed by atoms with van der Waals surface area (Å²) in [5.74, 6) is -0.113. The molecule has 144 valence electrons. The van der Waals surface area contributed by atoms with Gasteiger partial charge in [0, 0.05) is 0 Å². The molecule has 1 fully saturated rings. The van der Waals surface area contributed by atoms with E-state index in [1.54, 1.807) is 19.1 Å². The fourth-order valence-corrected chi connectivity index (χ4v) is 3.28. The Morgan fingerprint density at radius 1 is 1.00 bits per heavy atom. The molecule has 0 saturated heterocycles. The van der Waals surface area contributed by atoms with E-state index in [0.717, 1.165) is 36.8 Å². The molecule has 0 heterocycles. The first kappa shape index (κ1) is 20.2. The van der Waals surface area contributed by atoms with Gasteiger partial charge in [-0.05, 0) is 62.5 Å². The average molecular weight is 364 g/mol. The van der Waals surface area contributed by atoms with Crippen LogP contribution >= 0.6 is 0 Å². The zero-order valence-corrected chi connectivity index (χ0v) is 16.2. The number of aryl methyl sites for hydroxylation is 2. The fourth-order valence-electron chi connectivity index (χ4n) is 3.28. The minimum Gasteiger partial charge on any atom is -0.429 e. The Labute approximate surface area is 154 Å². The Morgan fingerprint density at radius 2 is 1.65 bits per heavy atom. The van der Waals surface area contributed by atoms with Crippen LogP contribution in [0.5, 0.6) is 0 Å². The van der Waals surface area contributed by atoms with Gasteiger partial charge in [-0.15, -0.1) is 0 Å². The molecule has 0 radical (unpaired) electrons. The van der Waals surface area contributed by atoms with Gasteiger partial charge >= 0.3 is 12.1 Å². The average Bonchev–Trinajstić information content (AvgIpc) is 2.56. The second kappa shape index (κ2) is 8.54. The summed E-state index contributed by atoms with van der Waals surface area (Å²) in [7, 11) is 0. The molecule has 0 N–H and O–H groups in total. The summed E-state index contributed by atoms with van der Waals surface area (Å²) in [6.45, 7) is 10.3. The van der Waals surface area contributed by atoms with Gasteiger partial charge in [-0.2, -0.15) is 0 Å². The number of ether oxygens (including phenoxy) is 1. The Kier molecular flexibility index (Phi) is 6.64.